The van der Waals surface area contributed by atoms with Gasteiger partial charge in [0.15, 0.2) is 0 Å². The number of nitrogens with one attached hydrogen (secondary N) is 2. The van der Waals surface area contributed by atoms with Crippen molar-refractivity contribution in [2.24, 2.45) is 5.92 Å². The molecule has 2 aromatic rings. The standard InChI is InChI=1S/C17H21FN6O3S/c1-20-14-8-15(23-17(19)22-14)24-9-12(10-24)16(25)21-7-6-11-2-4-13(5-3-11)28(18,26)27/h2-5,8,12H,6-7,9-10H2,1H3,(H,21,25)(H3,19,20,22,23). The lowest BCUT2D eigenvalue weighted by atomic mass is 9.99. The van der Waals surface area contributed by atoms with Gasteiger partial charge in [0, 0.05) is 32.7 Å². The quantitative estimate of drug-likeness (QED) is 0.567. The molecule has 28 heavy (non-hydrogen) atoms. The third-order valence-electron chi connectivity index (χ3n) is 4.48. The van der Waals surface area contributed by atoms with E-state index in [2.05, 4.69) is 20.6 Å². The number of hydrogen-bond donors (Lipinski definition) is 3. The van der Waals surface area contributed by atoms with Crippen LogP contribution in [-0.4, -0.2) is 51.0 Å². The first-order valence-corrected chi connectivity index (χ1v) is 10.0. The largest absolute Gasteiger partial charge is 0.373 e. The Labute approximate surface area is 162 Å². The fourth-order valence-corrected chi connectivity index (χ4v) is 3.33. The molecule has 1 fully saturated rings. The van der Waals surface area contributed by atoms with Gasteiger partial charge in [0.25, 0.3) is 0 Å². The number of nitrogens with two attached hydrogens (primary N) is 1. The molecule has 1 aromatic carbocycles. The summed E-state index contributed by atoms with van der Waals surface area (Å²) in [6.45, 7) is 1.48. The number of carbonyl (C=O) groups is 1. The monoisotopic (exact) mass is 408 g/mol. The zero-order valence-corrected chi connectivity index (χ0v) is 16.0. The van der Waals surface area contributed by atoms with E-state index in [1.165, 1.54) is 24.3 Å². The highest BCUT2D eigenvalue weighted by Gasteiger charge is 2.33. The van der Waals surface area contributed by atoms with Crippen LogP contribution in [0.15, 0.2) is 35.2 Å². The first-order chi connectivity index (χ1) is 13.3. The molecule has 11 heteroatoms. The number of rotatable bonds is 7. The Bertz CT molecular complexity index is 961. The summed E-state index contributed by atoms with van der Waals surface area (Å²) in [6.07, 6.45) is 0.517. The highest BCUT2D eigenvalue weighted by molar-refractivity contribution is 7.86. The Morgan fingerprint density at radius 1 is 1.29 bits per heavy atom. The zero-order valence-electron chi connectivity index (χ0n) is 15.2. The van der Waals surface area contributed by atoms with E-state index in [-0.39, 0.29) is 22.7 Å². The average Bonchev–Trinajstić information content (AvgIpc) is 2.59. The van der Waals surface area contributed by atoms with Crippen LogP contribution in [0, 0.1) is 5.92 Å². The highest BCUT2D eigenvalue weighted by Crippen LogP contribution is 2.25. The summed E-state index contributed by atoms with van der Waals surface area (Å²) in [7, 11) is -2.95. The number of halogens is 1. The summed E-state index contributed by atoms with van der Waals surface area (Å²) in [5, 5.41) is 5.77. The molecule has 150 valence electrons. The number of amides is 1. The van der Waals surface area contributed by atoms with Gasteiger partial charge in [-0.15, -0.1) is 3.89 Å². The lowest BCUT2D eigenvalue weighted by Crippen LogP contribution is -2.54. The maximum absolute atomic E-state index is 12.9. The van der Waals surface area contributed by atoms with E-state index in [0.29, 0.717) is 37.7 Å². The third-order valence-corrected chi connectivity index (χ3v) is 5.32. The first-order valence-electron chi connectivity index (χ1n) is 8.65. The summed E-state index contributed by atoms with van der Waals surface area (Å²) in [5.74, 6) is 1.25. The van der Waals surface area contributed by atoms with Crippen LogP contribution in [-0.2, 0) is 21.4 Å². The van der Waals surface area contributed by atoms with E-state index in [1.54, 1.807) is 13.1 Å². The van der Waals surface area contributed by atoms with Gasteiger partial charge in [-0.2, -0.15) is 18.4 Å². The Morgan fingerprint density at radius 3 is 2.57 bits per heavy atom. The van der Waals surface area contributed by atoms with Gasteiger partial charge in [0.2, 0.25) is 11.9 Å². The molecular weight excluding hydrogens is 387 g/mol. The average molecular weight is 408 g/mol. The van der Waals surface area contributed by atoms with E-state index in [9.17, 15) is 17.1 Å². The lowest BCUT2D eigenvalue weighted by Gasteiger charge is -2.39. The van der Waals surface area contributed by atoms with Crippen LogP contribution in [0.2, 0.25) is 0 Å². The highest BCUT2D eigenvalue weighted by atomic mass is 32.3. The number of nitrogen functional groups attached to an aromatic ring is 1. The molecule has 0 spiro atoms. The molecule has 3 rings (SSSR count). The van der Waals surface area contributed by atoms with Gasteiger partial charge in [-0.05, 0) is 24.1 Å². The van der Waals surface area contributed by atoms with Crippen molar-refractivity contribution < 1.29 is 17.1 Å². The molecule has 0 saturated carbocycles. The second kappa shape index (κ2) is 7.97. The number of nitrogens with zero attached hydrogens (tertiary/aromatic N) is 3. The van der Waals surface area contributed by atoms with Crippen LogP contribution in [0.3, 0.4) is 0 Å². The smallest absolute Gasteiger partial charge is 0.332 e. The molecule has 0 aliphatic carbocycles. The van der Waals surface area contributed by atoms with Crippen LogP contribution in [0.1, 0.15) is 5.56 Å². The summed E-state index contributed by atoms with van der Waals surface area (Å²) < 4.78 is 34.5. The minimum Gasteiger partial charge on any atom is -0.373 e. The van der Waals surface area contributed by atoms with Crippen LogP contribution in [0.5, 0.6) is 0 Å². The van der Waals surface area contributed by atoms with Crippen LogP contribution in [0.4, 0.5) is 21.5 Å². The van der Waals surface area contributed by atoms with Crippen molar-refractivity contribution in [2.75, 3.05) is 42.6 Å². The molecule has 2 heterocycles. The summed E-state index contributed by atoms with van der Waals surface area (Å²) in [4.78, 5) is 22.0. The topological polar surface area (TPSA) is 130 Å². The predicted octanol–water partition coefficient (Wildman–Crippen LogP) is 0.554. The zero-order chi connectivity index (χ0) is 20.3. The van der Waals surface area contributed by atoms with Crippen molar-refractivity contribution in [3.05, 3.63) is 35.9 Å². The van der Waals surface area contributed by atoms with Crippen molar-refractivity contribution in [3.63, 3.8) is 0 Å². The van der Waals surface area contributed by atoms with Crippen molar-refractivity contribution >= 4 is 33.7 Å². The summed E-state index contributed by atoms with van der Waals surface area (Å²) in [6, 6.07) is 7.25. The minimum atomic E-state index is -4.69. The van der Waals surface area contributed by atoms with E-state index in [0.717, 1.165) is 5.56 Å². The van der Waals surface area contributed by atoms with E-state index in [1.807, 2.05) is 4.90 Å². The molecule has 1 amide bonds. The van der Waals surface area contributed by atoms with E-state index in [4.69, 9.17) is 5.73 Å². The van der Waals surface area contributed by atoms with Crippen LogP contribution >= 0.6 is 0 Å². The van der Waals surface area contributed by atoms with Crippen molar-refractivity contribution in [2.45, 2.75) is 11.3 Å². The van der Waals surface area contributed by atoms with Crippen molar-refractivity contribution in [1.82, 2.24) is 15.3 Å². The van der Waals surface area contributed by atoms with Gasteiger partial charge in [-0.1, -0.05) is 12.1 Å². The van der Waals surface area contributed by atoms with Crippen molar-refractivity contribution in [1.29, 1.82) is 0 Å². The Kier molecular flexibility index (Phi) is 5.63. The second-order valence-electron chi connectivity index (χ2n) is 6.44. The Morgan fingerprint density at radius 2 is 1.96 bits per heavy atom. The van der Waals surface area contributed by atoms with Gasteiger partial charge in [-0.3, -0.25) is 4.79 Å². The summed E-state index contributed by atoms with van der Waals surface area (Å²) in [5.41, 5.74) is 6.48. The fraction of sp³-hybridized carbons (Fsp3) is 0.353. The third kappa shape index (κ3) is 4.66. The maximum Gasteiger partial charge on any atom is 0.332 e. The second-order valence-corrected chi connectivity index (χ2v) is 7.79. The van der Waals surface area contributed by atoms with Gasteiger partial charge < -0.3 is 21.3 Å². The molecule has 9 nitrogen and oxygen atoms in total. The van der Waals surface area contributed by atoms with Gasteiger partial charge in [0.1, 0.15) is 11.6 Å². The molecule has 1 aromatic heterocycles. The molecule has 1 aliphatic heterocycles. The van der Waals surface area contributed by atoms with Gasteiger partial charge in [0.05, 0.1) is 10.8 Å². The van der Waals surface area contributed by atoms with Gasteiger partial charge >= 0.3 is 10.2 Å². The normalized spacial score (nSPS) is 14.4. The number of hydrogen-bond acceptors (Lipinski definition) is 8. The number of aromatic nitrogens is 2. The number of benzene rings is 1. The van der Waals surface area contributed by atoms with Crippen LogP contribution < -0.4 is 21.3 Å². The number of carbonyl (C=O) groups excluding carboxylic acids is 1. The Balaban J connectivity index is 1.45. The molecule has 1 aliphatic rings. The molecule has 0 atom stereocenters. The molecule has 0 radical (unpaired) electrons. The molecule has 4 N–H and O–H groups in total. The lowest BCUT2D eigenvalue weighted by molar-refractivity contribution is -0.125. The first kappa shape index (κ1) is 19.8. The molecule has 0 bridgehead atoms. The molecular formula is C17H21FN6O3S. The van der Waals surface area contributed by atoms with E-state index >= 15 is 0 Å². The van der Waals surface area contributed by atoms with Gasteiger partial charge in [-0.25, -0.2) is 0 Å². The SMILES string of the molecule is CNc1cc(N2CC(C(=O)NCCc3ccc(S(=O)(=O)F)cc3)C2)nc(N)n1. The molecule has 1 saturated heterocycles. The number of anilines is 3. The van der Waals surface area contributed by atoms with Crippen LogP contribution in [0.25, 0.3) is 0 Å². The fourth-order valence-electron chi connectivity index (χ4n) is 2.87. The Hall–Kier alpha value is -2.95. The summed E-state index contributed by atoms with van der Waals surface area (Å²) >= 11 is 0. The van der Waals surface area contributed by atoms with Crippen molar-refractivity contribution in [3.8, 4) is 0 Å². The van der Waals surface area contributed by atoms with E-state index < -0.39 is 10.2 Å². The minimum absolute atomic E-state index is 0.0601. The predicted molar refractivity (Wildman–Crippen MR) is 103 cm³/mol. The molecule has 0 unspecified atom stereocenters. The maximum atomic E-state index is 12.9.